The van der Waals surface area contributed by atoms with Crippen LogP contribution in [-0.2, 0) is 4.84 Å². The smallest absolute Gasteiger partial charge is 0.271 e. The van der Waals surface area contributed by atoms with Crippen LogP contribution < -0.4 is 0 Å². The maximum atomic E-state index is 12.0. The van der Waals surface area contributed by atoms with Crippen LogP contribution in [0.4, 0.5) is 0 Å². The number of rotatable bonds is 1. The van der Waals surface area contributed by atoms with Gasteiger partial charge in [-0.25, -0.2) is 5.06 Å². The summed E-state index contributed by atoms with van der Waals surface area (Å²) in [6.07, 6.45) is 5.22. The van der Waals surface area contributed by atoms with Crippen molar-refractivity contribution in [1.29, 1.82) is 0 Å². The van der Waals surface area contributed by atoms with Crippen LogP contribution >= 0.6 is 15.9 Å². The third-order valence-electron chi connectivity index (χ3n) is 2.23. The van der Waals surface area contributed by atoms with E-state index in [4.69, 9.17) is 4.84 Å². The lowest BCUT2D eigenvalue weighted by Crippen LogP contribution is -2.35. The van der Waals surface area contributed by atoms with E-state index in [0.717, 1.165) is 12.8 Å². The molecular formula is C10H11BrN2O2. The van der Waals surface area contributed by atoms with E-state index in [0.29, 0.717) is 23.2 Å². The van der Waals surface area contributed by atoms with Crippen LogP contribution in [0.3, 0.4) is 0 Å². The van der Waals surface area contributed by atoms with Crippen molar-refractivity contribution in [2.24, 2.45) is 0 Å². The van der Waals surface area contributed by atoms with Crippen LogP contribution in [0.2, 0.25) is 0 Å². The van der Waals surface area contributed by atoms with Crippen molar-refractivity contribution < 1.29 is 9.63 Å². The van der Waals surface area contributed by atoms with E-state index in [9.17, 15) is 4.79 Å². The first-order chi connectivity index (χ1) is 7.29. The molecule has 0 bridgehead atoms. The summed E-state index contributed by atoms with van der Waals surface area (Å²) in [5, 5.41) is 1.42. The Hall–Kier alpha value is -0.940. The van der Waals surface area contributed by atoms with E-state index in [-0.39, 0.29) is 5.91 Å². The van der Waals surface area contributed by atoms with E-state index in [1.165, 1.54) is 5.06 Å². The number of hydroxylamine groups is 2. The van der Waals surface area contributed by atoms with Gasteiger partial charge in [-0.3, -0.25) is 14.6 Å². The van der Waals surface area contributed by atoms with Gasteiger partial charge in [0.1, 0.15) is 0 Å². The van der Waals surface area contributed by atoms with Gasteiger partial charge in [0.15, 0.2) is 0 Å². The zero-order chi connectivity index (χ0) is 10.7. The van der Waals surface area contributed by atoms with Crippen molar-refractivity contribution in [2.75, 3.05) is 13.2 Å². The average Bonchev–Trinajstić information content (AvgIpc) is 2.30. The zero-order valence-corrected chi connectivity index (χ0v) is 9.74. The summed E-state index contributed by atoms with van der Waals surface area (Å²) < 4.78 is 0.698. The lowest BCUT2D eigenvalue weighted by atomic mass is 10.2. The summed E-state index contributed by atoms with van der Waals surface area (Å²) in [5.74, 6) is -0.107. The fraction of sp³-hybridized carbons (Fsp3) is 0.400. The predicted octanol–water partition coefficient (Wildman–Crippen LogP) is 2.01. The zero-order valence-electron chi connectivity index (χ0n) is 8.15. The quantitative estimate of drug-likeness (QED) is 0.784. The summed E-state index contributed by atoms with van der Waals surface area (Å²) in [6.45, 7) is 1.28. The van der Waals surface area contributed by atoms with Crippen molar-refractivity contribution in [1.82, 2.24) is 10.0 Å². The largest absolute Gasteiger partial charge is 0.278 e. The van der Waals surface area contributed by atoms with Crippen LogP contribution in [0.5, 0.6) is 0 Å². The molecule has 0 aliphatic carbocycles. The van der Waals surface area contributed by atoms with Crippen molar-refractivity contribution >= 4 is 21.8 Å². The monoisotopic (exact) mass is 270 g/mol. The molecule has 4 nitrogen and oxygen atoms in total. The Kier molecular flexibility index (Phi) is 3.33. The van der Waals surface area contributed by atoms with E-state index in [1.807, 2.05) is 0 Å². The number of aromatic nitrogens is 1. The highest BCUT2D eigenvalue weighted by molar-refractivity contribution is 9.10. The number of hydrogen-bond donors (Lipinski definition) is 0. The molecule has 2 heterocycles. The molecule has 2 rings (SSSR count). The van der Waals surface area contributed by atoms with Gasteiger partial charge in [-0.15, -0.1) is 0 Å². The van der Waals surface area contributed by atoms with Gasteiger partial charge in [-0.05, 0) is 34.8 Å². The summed E-state index contributed by atoms with van der Waals surface area (Å²) in [4.78, 5) is 21.2. The molecule has 1 aliphatic heterocycles. The van der Waals surface area contributed by atoms with E-state index >= 15 is 0 Å². The second-order valence-electron chi connectivity index (χ2n) is 3.30. The number of nitrogens with zero attached hydrogens (tertiary/aromatic N) is 2. The maximum Gasteiger partial charge on any atom is 0.278 e. The third-order valence-corrected chi connectivity index (χ3v) is 2.86. The van der Waals surface area contributed by atoms with Gasteiger partial charge in [0.05, 0.1) is 12.2 Å². The number of carbonyl (C=O) groups excluding carboxylic acids is 1. The highest BCUT2D eigenvalue weighted by Gasteiger charge is 2.20. The lowest BCUT2D eigenvalue weighted by molar-refractivity contribution is -0.144. The SMILES string of the molecule is O=C(c1ccncc1Br)N1CCCCO1. The molecule has 1 amide bonds. The molecule has 80 valence electrons. The minimum absolute atomic E-state index is 0.107. The molecule has 0 unspecified atom stereocenters. The molecule has 0 atom stereocenters. The fourth-order valence-corrected chi connectivity index (χ4v) is 1.86. The first kappa shape index (κ1) is 10.6. The molecule has 1 saturated heterocycles. The lowest BCUT2D eigenvalue weighted by Gasteiger charge is -2.26. The molecule has 0 spiro atoms. The Labute approximate surface area is 96.3 Å². The molecule has 1 aromatic rings. The molecular weight excluding hydrogens is 260 g/mol. The van der Waals surface area contributed by atoms with Crippen LogP contribution in [0, 0.1) is 0 Å². The molecule has 0 saturated carbocycles. The van der Waals surface area contributed by atoms with Gasteiger partial charge in [-0.1, -0.05) is 0 Å². The number of halogens is 1. The minimum Gasteiger partial charge on any atom is -0.271 e. The first-order valence-electron chi connectivity index (χ1n) is 4.83. The molecule has 1 fully saturated rings. The summed E-state index contributed by atoms with van der Waals surface area (Å²) in [6, 6.07) is 1.68. The van der Waals surface area contributed by atoms with Gasteiger partial charge in [0.2, 0.25) is 0 Å². The van der Waals surface area contributed by atoms with Gasteiger partial charge < -0.3 is 0 Å². The molecule has 1 aromatic heterocycles. The molecule has 15 heavy (non-hydrogen) atoms. The number of amides is 1. The van der Waals surface area contributed by atoms with Gasteiger partial charge >= 0.3 is 0 Å². The van der Waals surface area contributed by atoms with Crippen molar-refractivity contribution in [3.05, 3.63) is 28.5 Å². The predicted molar refractivity (Wildman–Crippen MR) is 58.2 cm³/mol. The Morgan fingerprint density at radius 1 is 1.53 bits per heavy atom. The van der Waals surface area contributed by atoms with Gasteiger partial charge in [-0.2, -0.15) is 0 Å². The van der Waals surface area contributed by atoms with Crippen LogP contribution in [0.15, 0.2) is 22.9 Å². The van der Waals surface area contributed by atoms with Crippen molar-refractivity contribution in [3.8, 4) is 0 Å². The van der Waals surface area contributed by atoms with Crippen molar-refractivity contribution in [2.45, 2.75) is 12.8 Å². The standard InChI is InChI=1S/C10H11BrN2O2/c11-9-7-12-4-3-8(9)10(14)13-5-1-2-6-15-13/h3-4,7H,1-2,5-6H2. The first-order valence-corrected chi connectivity index (χ1v) is 5.62. The Morgan fingerprint density at radius 2 is 2.40 bits per heavy atom. The minimum atomic E-state index is -0.107. The molecule has 0 N–H and O–H groups in total. The van der Waals surface area contributed by atoms with Crippen LogP contribution in [-0.4, -0.2) is 29.1 Å². The summed E-state index contributed by atoms with van der Waals surface area (Å²) in [5.41, 5.74) is 0.590. The Balaban J connectivity index is 2.16. The van der Waals surface area contributed by atoms with E-state index < -0.39 is 0 Å². The average molecular weight is 271 g/mol. The topological polar surface area (TPSA) is 42.4 Å². The van der Waals surface area contributed by atoms with E-state index in [2.05, 4.69) is 20.9 Å². The highest BCUT2D eigenvalue weighted by atomic mass is 79.9. The van der Waals surface area contributed by atoms with Crippen molar-refractivity contribution in [3.63, 3.8) is 0 Å². The van der Waals surface area contributed by atoms with Gasteiger partial charge in [0, 0.05) is 23.4 Å². The molecule has 0 aromatic carbocycles. The van der Waals surface area contributed by atoms with Crippen LogP contribution in [0.25, 0.3) is 0 Å². The number of hydrogen-bond acceptors (Lipinski definition) is 3. The Morgan fingerprint density at radius 3 is 3.07 bits per heavy atom. The maximum absolute atomic E-state index is 12.0. The molecule has 0 radical (unpaired) electrons. The second kappa shape index (κ2) is 4.72. The number of carbonyl (C=O) groups is 1. The normalized spacial score (nSPS) is 16.5. The van der Waals surface area contributed by atoms with Gasteiger partial charge in [0.25, 0.3) is 5.91 Å². The fourth-order valence-electron chi connectivity index (χ4n) is 1.44. The molecule has 1 aliphatic rings. The second-order valence-corrected chi connectivity index (χ2v) is 4.16. The summed E-state index contributed by atoms with van der Waals surface area (Å²) >= 11 is 3.30. The van der Waals surface area contributed by atoms with Crippen LogP contribution in [0.1, 0.15) is 23.2 Å². The molecule has 5 heteroatoms. The summed E-state index contributed by atoms with van der Waals surface area (Å²) in [7, 11) is 0. The Bertz CT molecular complexity index is 364. The third kappa shape index (κ3) is 2.35. The highest BCUT2D eigenvalue weighted by Crippen LogP contribution is 2.18. The van der Waals surface area contributed by atoms with E-state index in [1.54, 1.807) is 18.5 Å². The number of pyridine rings is 1.